The molecule has 3 heterocycles. The fourth-order valence-corrected chi connectivity index (χ4v) is 4.10. The van der Waals surface area contributed by atoms with Crippen LogP contribution in [-0.4, -0.2) is 74.2 Å². The minimum Gasteiger partial charge on any atom is -0.391 e. The number of alkyl halides is 3. The largest absolute Gasteiger partial charge is 0.451 e. The summed E-state index contributed by atoms with van der Waals surface area (Å²) in [4.78, 5) is 29.3. The average molecular weight is 498 g/mol. The van der Waals surface area contributed by atoms with Gasteiger partial charge in [0.25, 0.3) is 0 Å². The quantitative estimate of drug-likeness (QED) is 0.436. The minimum absolute atomic E-state index is 0.00838. The lowest BCUT2D eigenvalue weighted by Gasteiger charge is -2.35. The number of aliphatic hydroxyl groups excluding tert-OH is 1. The molecule has 0 spiro atoms. The highest BCUT2D eigenvalue weighted by atomic mass is 19.4. The Kier molecular flexibility index (Phi) is 7.31. The Bertz CT molecular complexity index is 1030. The van der Waals surface area contributed by atoms with E-state index in [9.17, 15) is 23.1 Å². The van der Waals surface area contributed by atoms with Crippen LogP contribution in [0.4, 0.5) is 29.2 Å². The number of carbonyl (C=O) groups excluding carboxylic acids is 1. The normalized spacial score (nSPS) is 21.1. The van der Waals surface area contributed by atoms with Crippen molar-refractivity contribution in [2.45, 2.75) is 44.1 Å². The van der Waals surface area contributed by atoms with Gasteiger partial charge >= 0.3 is 6.18 Å². The number of hydrogen-bond donors (Lipinski definition) is 3. The van der Waals surface area contributed by atoms with Gasteiger partial charge in [0.15, 0.2) is 11.6 Å². The number of β-amino-alcohol motifs (C(OH)–C–C–N with tert-alkyl or cyclic N) is 1. The van der Waals surface area contributed by atoms with Gasteiger partial charge in [-0.3, -0.25) is 9.69 Å². The van der Waals surface area contributed by atoms with E-state index in [4.69, 9.17) is 5.73 Å². The second-order valence-electron chi connectivity index (χ2n) is 8.83. The molecule has 1 aliphatic heterocycles. The van der Waals surface area contributed by atoms with Crippen molar-refractivity contribution in [2.75, 3.05) is 36.4 Å². The molecule has 1 saturated carbocycles. The number of halogens is 4. The van der Waals surface area contributed by atoms with Crippen LogP contribution in [-0.2, 0) is 17.5 Å². The number of anilines is 2. The van der Waals surface area contributed by atoms with Gasteiger partial charge in [0.05, 0.1) is 12.6 Å². The summed E-state index contributed by atoms with van der Waals surface area (Å²) in [6.07, 6.45) is 0.190. The van der Waals surface area contributed by atoms with E-state index in [1.807, 2.05) is 0 Å². The van der Waals surface area contributed by atoms with Gasteiger partial charge in [0.1, 0.15) is 6.33 Å². The Morgan fingerprint density at radius 1 is 1.20 bits per heavy atom. The maximum absolute atomic E-state index is 15.4. The molecule has 10 nitrogen and oxygen atoms in total. The van der Waals surface area contributed by atoms with E-state index >= 15 is 4.39 Å². The number of nitrogens with two attached hydrogens (primary N) is 1. The highest BCUT2D eigenvalue weighted by Crippen LogP contribution is 2.35. The third kappa shape index (κ3) is 6.31. The first kappa shape index (κ1) is 25.0. The van der Waals surface area contributed by atoms with Gasteiger partial charge < -0.3 is 21.1 Å². The van der Waals surface area contributed by atoms with Crippen LogP contribution in [0, 0.1) is 11.7 Å². The molecule has 14 heteroatoms. The Morgan fingerprint density at radius 3 is 2.51 bits per heavy atom. The van der Waals surface area contributed by atoms with E-state index < -0.39 is 29.8 Å². The molecule has 190 valence electrons. The summed E-state index contributed by atoms with van der Waals surface area (Å²) in [5, 5.41) is 13.3. The third-order valence-corrected chi connectivity index (χ3v) is 6.06. The molecular formula is C21H26F4N8O2. The number of aromatic nitrogens is 4. The number of rotatable bonds is 9. The van der Waals surface area contributed by atoms with Crippen molar-refractivity contribution < 1.29 is 27.5 Å². The zero-order valence-corrected chi connectivity index (χ0v) is 18.7. The molecule has 1 amide bonds. The minimum atomic E-state index is -4.64. The fourth-order valence-electron chi connectivity index (χ4n) is 4.10. The number of carbonyl (C=O) groups is 1. The topological polar surface area (TPSA) is 133 Å². The summed E-state index contributed by atoms with van der Waals surface area (Å²) in [5.74, 6) is -2.57. The summed E-state index contributed by atoms with van der Waals surface area (Å²) in [5.41, 5.74) is 5.60. The van der Waals surface area contributed by atoms with Gasteiger partial charge in [-0.2, -0.15) is 17.6 Å². The average Bonchev–Trinajstić information content (AvgIpc) is 3.63. The number of likely N-dealkylation sites (tertiary alicyclic amines) is 1. The molecule has 2 aliphatic rings. The molecular weight excluding hydrogens is 472 g/mol. The Labute approximate surface area is 198 Å². The number of amides is 1. The van der Waals surface area contributed by atoms with Crippen molar-refractivity contribution in [3.05, 3.63) is 35.9 Å². The fraction of sp³-hybridized carbons (Fsp3) is 0.571. The molecule has 2 atom stereocenters. The van der Waals surface area contributed by atoms with Crippen LogP contribution in [0.25, 0.3) is 0 Å². The zero-order valence-electron chi connectivity index (χ0n) is 18.7. The van der Waals surface area contributed by atoms with Gasteiger partial charge in [0.2, 0.25) is 17.5 Å². The highest BCUT2D eigenvalue weighted by molar-refractivity contribution is 5.75. The molecule has 1 saturated heterocycles. The molecule has 0 radical (unpaired) electrons. The Morgan fingerprint density at radius 2 is 1.91 bits per heavy atom. The van der Waals surface area contributed by atoms with Crippen molar-refractivity contribution in [2.24, 2.45) is 11.7 Å². The second kappa shape index (κ2) is 10.2. The van der Waals surface area contributed by atoms with E-state index in [0.29, 0.717) is 18.5 Å². The smallest absolute Gasteiger partial charge is 0.391 e. The first-order chi connectivity index (χ1) is 16.6. The SMILES string of the molecule is NC(=O)CN1CC[C@H](CNc2ncnc(N(Cc3cnc(C(F)(F)F)nc3)C3CC3)c2F)[C@@H](O)C1. The van der Waals surface area contributed by atoms with Crippen molar-refractivity contribution in [3.63, 3.8) is 0 Å². The molecule has 4 rings (SSSR count). The summed E-state index contributed by atoms with van der Waals surface area (Å²) in [7, 11) is 0. The van der Waals surface area contributed by atoms with Gasteiger partial charge in [-0.05, 0) is 25.8 Å². The number of primary amides is 1. The van der Waals surface area contributed by atoms with Crippen LogP contribution < -0.4 is 16.0 Å². The predicted molar refractivity (Wildman–Crippen MR) is 116 cm³/mol. The van der Waals surface area contributed by atoms with Crippen LogP contribution >= 0.6 is 0 Å². The third-order valence-electron chi connectivity index (χ3n) is 6.06. The number of aliphatic hydroxyl groups is 1. The van der Waals surface area contributed by atoms with Crippen molar-refractivity contribution in [3.8, 4) is 0 Å². The van der Waals surface area contributed by atoms with Crippen LogP contribution in [0.1, 0.15) is 30.7 Å². The number of piperidine rings is 1. The summed E-state index contributed by atoms with van der Waals surface area (Å²) in [6.45, 7) is 1.29. The zero-order chi connectivity index (χ0) is 25.2. The molecule has 2 aromatic rings. The molecule has 0 unspecified atom stereocenters. The second-order valence-corrected chi connectivity index (χ2v) is 8.83. The van der Waals surface area contributed by atoms with E-state index in [-0.39, 0.29) is 49.8 Å². The number of hydrogen-bond acceptors (Lipinski definition) is 9. The molecule has 2 fully saturated rings. The van der Waals surface area contributed by atoms with Crippen molar-refractivity contribution in [1.82, 2.24) is 24.8 Å². The summed E-state index contributed by atoms with van der Waals surface area (Å²) < 4.78 is 53.6. The molecule has 35 heavy (non-hydrogen) atoms. The molecule has 0 bridgehead atoms. The van der Waals surface area contributed by atoms with Crippen molar-refractivity contribution in [1.29, 1.82) is 0 Å². The Balaban J connectivity index is 1.42. The van der Waals surface area contributed by atoms with Gasteiger partial charge in [0, 0.05) is 49.6 Å². The van der Waals surface area contributed by atoms with Crippen LogP contribution in [0.2, 0.25) is 0 Å². The first-order valence-corrected chi connectivity index (χ1v) is 11.2. The first-order valence-electron chi connectivity index (χ1n) is 11.2. The van der Waals surface area contributed by atoms with Crippen LogP contribution in [0.5, 0.6) is 0 Å². The van der Waals surface area contributed by atoms with Gasteiger partial charge in [-0.25, -0.2) is 19.9 Å². The van der Waals surface area contributed by atoms with E-state index in [2.05, 4.69) is 25.3 Å². The number of nitrogens with zero attached hydrogens (tertiary/aromatic N) is 6. The van der Waals surface area contributed by atoms with Gasteiger partial charge in [-0.1, -0.05) is 0 Å². The predicted octanol–water partition coefficient (Wildman–Crippen LogP) is 1.17. The lowest BCUT2D eigenvalue weighted by Crippen LogP contribution is -2.48. The molecule has 0 aromatic carbocycles. The lowest BCUT2D eigenvalue weighted by molar-refractivity contribution is -0.145. The maximum atomic E-state index is 15.4. The highest BCUT2D eigenvalue weighted by Gasteiger charge is 2.36. The van der Waals surface area contributed by atoms with Crippen molar-refractivity contribution >= 4 is 17.5 Å². The van der Waals surface area contributed by atoms with Crippen LogP contribution in [0.3, 0.4) is 0 Å². The Hall–Kier alpha value is -3.13. The standard InChI is InChI=1S/C21H26F4N8O2/c22-17-18(27-7-13-3-4-32(9-15(13)34)10-16(26)35)30-11-31-19(17)33(14-1-2-14)8-12-5-28-20(29-6-12)21(23,24)25/h5-6,11,13-15,34H,1-4,7-10H2,(H2,26,35)(H,27,30,31)/t13-,15+/m1/s1. The molecule has 1 aliphatic carbocycles. The van der Waals surface area contributed by atoms with Crippen LogP contribution in [0.15, 0.2) is 18.7 Å². The van der Waals surface area contributed by atoms with Gasteiger partial charge in [-0.15, -0.1) is 0 Å². The summed E-state index contributed by atoms with van der Waals surface area (Å²) >= 11 is 0. The lowest BCUT2D eigenvalue weighted by atomic mass is 9.93. The maximum Gasteiger partial charge on any atom is 0.451 e. The molecule has 4 N–H and O–H groups in total. The monoisotopic (exact) mass is 498 g/mol. The van der Waals surface area contributed by atoms with E-state index in [0.717, 1.165) is 25.2 Å². The molecule has 2 aromatic heterocycles. The van der Waals surface area contributed by atoms with E-state index in [1.54, 1.807) is 9.80 Å². The summed E-state index contributed by atoms with van der Waals surface area (Å²) in [6, 6.07) is -0.00838. The van der Waals surface area contributed by atoms with E-state index in [1.165, 1.54) is 6.33 Å². The number of nitrogens with one attached hydrogen (secondary N) is 1.